The molecule has 11 nitrogen and oxygen atoms in total. The normalized spacial score (nSPS) is 17.1. The van der Waals surface area contributed by atoms with Gasteiger partial charge < -0.3 is 16.0 Å². The minimum absolute atomic E-state index is 0.355. The van der Waals surface area contributed by atoms with Crippen LogP contribution in [-0.4, -0.2) is 58.2 Å². The molecule has 5 aromatic heterocycles. The van der Waals surface area contributed by atoms with Gasteiger partial charge in [-0.2, -0.15) is 10.2 Å². The average Bonchev–Trinajstić information content (AvgIpc) is 3.84. The third-order valence-corrected chi connectivity index (χ3v) is 8.73. The number of rotatable bonds is 6. The van der Waals surface area contributed by atoms with Crippen molar-refractivity contribution in [2.24, 2.45) is 7.05 Å². The van der Waals surface area contributed by atoms with Crippen LogP contribution in [0.4, 0.5) is 11.6 Å². The summed E-state index contributed by atoms with van der Waals surface area (Å²) in [6.45, 7) is 2.04. The first-order valence-corrected chi connectivity index (χ1v) is 14.8. The van der Waals surface area contributed by atoms with Crippen molar-refractivity contribution in [3.05, 3.63) is 90.5 Å². The van der Waals surface area contributed by atoms with Crippen LogP contribution in [-0.2, 0) is 13.5 Å². The number of nitrogens with two attached hydrogens (primary N) is 1. The summed E-state index contributed by atoms with van der Waals surface area (Å²) in [6.07, 6.45) is 11.7. The molecule has 3 N–H and O–H groups in total. The first-order valence-electron chi connectivity index (χ1n) is 14.8. The van der Waals surface area contributed by atoms with Gasteiger partial charge in [0.2, 0.25) is 0 Å². The number of nitrogens with one attached hydrogen (secondary N) is 1. The molecule has 1 atom stereocenters. The van der Waals surface area contributed by atoms with Gasteiger partial charge in [-0.1, -0.05) is 6.07 Å². The molecule has 1 saturated heterocycles. The highest BCUT2D eigenvalue weighted by Crippen LogP contribution is 2.36. The van der Waals surface area contributed by atoms with Crippen LogP contribution in [0.5, 0.6) is 0 Å². The summed E-state index contributed by atoms with van der Waals surface area (Å²) >= 11 is 0. The molecule has 8 rings (SSSR count). The Hall–Kier alpha value is -5.03. The van der Waals surface area contributed by atoms with Crippen LogP contribution in [0.3, 0.4) is 0 Å². The van der Waals surface area contributed by atoms with E-state index >= 15 is 0 Å². The molecule has 0 bridgehead atoms. The molecule has 0 radical (unpaired) electrons. The third kappa shape index (κ3) is 4.62. The first-order chi connectivity index (χ1) is 21.1. The van der Waals surface area contributed by atoms with Gasteiger partial charge in [0.05, 0.1) is 5.56 Å². The summed E-state index contributed by atoms with van der Waals surface area (Å²) in [6, 6.07) is 19.4. The van der Waals surface area contributed by atoms with E-state index < -0.39 is 0 Å². The van der Waals surface area contributed by atoms with Crippen LogP contribution in [0, 0.1) is 0 Å². The fourth-order valence-electron chi connectivity index (χ4n) is 6.56. The molecule has 1 unspecified atom stereocenters. The number of benzene rings is 1. The lowest BCUT2D eigenvalue weighted by Gasteiger charge is -2.34. The Morgan fingerprint density at radius 3 is 2.60 bits per heavy atom. The van der Waals surface area contributed by atoms with E-state index in [-0.39, 0.29) is 0 Å². The van der Waals surface area contributed by atoms with Crippen molar-refractivity contribution in [3.63, 3.8) is 0 Å². The minimum atomic E-state index is 0.355. The minimum Gasteiger partial charge on any atom is -0.383 e. The lowest BCUT2D eigenvalue weighted by Crippen LogP contribution is -2.43. The number of aryl methyl sites for hydroxylation is 2. The van der Waals surface area contributed by atoms with E-state index in [2.05, 4.69) is 54.2 Å². The number of hydrogen-bond acceptors (Lipinski definition) is 8. The predicted molar refractivity (Wildman–Crippen MR) is 166 cm³/mol. The Morgan fingerprint density at radius 1 is 0.907 bits per heavy atom. The zero-order valence-corrected chi connectivity index (χ0v) is 24.0. The van der Waals surface area contributed by atoms with E-state index in [0.717, 1.165) is 78.6 Å². The maximum Gasteiger partial charge on any atom is 0.167 e. The van der Waals surface area contributed by atoms with Gasteiger partial charge in [-0.05, 0) is 79.3 Å². The fraction of sp³-hybridized carbons (Fsp3) is 0.281. The Balaban J connectivity index is 1.10. The number of aromatic nitrogens is 8. The number of imidazole rings is 1. The molecule has 11 heteroatoms. The van der Waals surface area contributed by atoms with Crippen molar-refractivity contribution < 1.29 is 0 Å². The highest BCUT2D eigenvalue weighted by molar-refractivity contribution is 5.83. The Labute approximate surface area is 249 Å². The topological polar surface area (TPSA) is 121 Å². The van der Waals surface area contributed by atoms with E-state index in [4.69, 9.17) is 15.7 Å². The standard InChI is InChI=1S/C32H33N11/c1-40-17-13-29(39-40)41-18-11-22(12-19-41)36-26-8-5-21-20-23(6-7-24(21)26)43-31(25-4-2-14-34-30(25)33)37-27-9-10-28(38-32(27)43)42-16-3-15-35-42/h2-4,6-7,9-10,13-17,20,22,26,36H,5,8,11-12,18-19H2,1H3,(H2,33,34). The van der Waals surface area contributed by atoms with Crippen molar-refractivity contribution in [1.82, 2.24) is 44.4 Å². The molecule has 1 aliphatic carbocycles. The SMILES string of the molecule is Cn1ccc(N2CCC(NC3CCc4cc(-n5c(-c6cccnc6N)nc6ccc(-n7cccn7)nc65)ccc43)CC2)n1. The van der Waals surface area contributed by atoms with Crippen LogP contribution >= 0.6 is 0 Å². The molecule has 1 fully saturated rings. The number of piperidine rings is 1. The highest BCUT2D eigenvalue weighted by Gasteiger charge is 2.28. The predicted octanol–water partition coefficient (Wildman–Crippen LogP) is 4.23. The van der Waals surface area contributed by atoms with E-state index in [1.807, 2.05) is 54.5 Å². The Bertz CT molecular complexity index is 1910. The smallest absolute Gasteiger partial charge is 0.167 e. The molecular formula is C32H33N11. The van der Waals surface area contributed by atoms with Gasteiger partial charge in [-0.25, -0.2) is 19.6 Å². The number of hydrogen-bond donors (Lipinski definition) is 2. The number of nitrogen functional groups attached to an aromatic ring is 1. The first kappa shape index (κ1) is 25.7. The lowest BCUT2D eigenvalue weighted by atomic mass is 10.0. The van der Waals surface area contributed by atoms with Crippen molar-refractivity contribution in [2.75, 3.05) is 23.7 Å². The number of nitrogens with zero attached hydrogens (tertiary/aromatic N) is 9. The molecule has 6 heterocycles. The Kier molecular flexibility index (Phi) is 6.18. The quantitative estimate of drug-likeness (QED) is 0.305. The van der Waals surface area contributed by atoms with Crippen molar-refractivity contribution in [2.45, 2.75) is 37.8 Å². The maximum atomic E-state index is 6.35. The van der Waals surface area contributed by atoms with E-state index in [9.17, 15) is 0 Å². The van der Waals surface area contributed by atoms with Gasteiger partial charge in [0.25, 0.3) is 0 Å². The molecule has 6 aromatic rings. The lowest BCUT2D eigenvalue weighted by molar-refractivity contribution is 0.367. The number of anilines is 2. The molecule has 0 saturated carbocycles. The average molecular weight is 572 g/mol. The van der Waals surface area contributed by atoms with Crippen LogP contribution in [0.2, 0.25) is 0 Å². The van der Waals surface area contributed by atoms with Crippen LogP contribution < -0.4 is 16.0 Å². The number of pyridine rings is 2. The number of fused-ring (bicyclic) bond motifs is 2. The summed E-state index contributed by atoms with van der Waals surface area (Å²) in [4.78, 5) is 16.7. The van der Waals surface area contributed by atoms with Crippen LogP contribution in [0.25, 0.3) is 34.1 Å². The van der Waals surface area contributed by atoms with E-state index in [1.54, 1.807) is 17.1 Å². The largest absolute Gasteiger partial charge is 0.383 e. The summed E-state index contributed by atoms with van der Waals surface area (Å²) in [5, 5.41) is 12.9. The third-order valence-electron chi connectivity index (χ3n) is 8.73. The van der Waals surface area contributed by atoms with E-state index in [0.29, 0.717) is 17.9 Å². The van der Waals surface area contributed by atoms with Gasteiger partial charge in [-0.15, -0.1) is 0 Å². The second-order valence-electron chi connectivity index (χ2n) is 11.4. The summed E-state index contributed by atoms with van der Waals surface area (Å²) < 4.78 is 5.73. The van der Waals surface area contributed by atoms with Gasteiger partial charge in [0.15, 0.2) is 23.1 Å². The van der Waals surface area contributed by atoms with Gasteiger partial charge in [-0.3, -0.25) is 9.25 Å². The van der Waals surface area contributed by atoms with Crippen LogP contribution in [0.1, 0.15) is 36.4 Å². The van der Waals surface area contributed by atoms with Gasteiger partial charge >= 0.3 is 0 Å². The van der Waals surface area contributed by atoms with E-state index in [1.165, 1.54) is 11.1 Å². The van der Waals surface area contributed by atoms with Gasteiger partial charge in [0, 0.05) is 68.8 Å². The fourth-order valence-corrected chi connectivity index (χ4v) is 6.56. The molecule has 0 spiro atoms. The highest BCUT2D eigenvalue weighted by atomic mass is 15.3. The van der Waals surface area contributed by atoms with Gasteiger partial charge in [0.1, 0.15) is 11.3 Å². The molecule has 2 aliphatic rings. The zero-order valence-electron chi connectivity index (χ0n) is 24.0. The zero-order chi connectivity index (χ0) is 28.9. The monoisotopic (exact) mass is 571 g/mol. The Morgan fingerprint density at radius 2 is 1.81 bits per heavy atom. The molecule has 1 aliphatic heterocycles. The van der Waals surface area contributed by atoms with Crippen molar-refractivity contribution >= 4 is 22.8 Å². The molecular weight excluding hydrogens is 538 g/mol. The second-order valence-corrected chi connectivity index (χ2v) is 11.4. The maximum absolute atomic E-state index is 6.35. The molecule has 43 heavy (non-hydrogen) atoms. The molecule has 216 valence electrons. The van der Waals surface area contributed by atoms with Crippen LogP contribution in [0.15, 0.2) is 79.4 Å². The summed E-state index contributed by atoms with van der Waals surface area (Å²) in [5.74, 6) is 2.96. The molecule has 1 aromatic carbocycles. The van der Waals surface area contributed by atoms with Crippen molar-refractivity contribution in [3.8, 4) is 22.9 Å². The van der Waals surface area contributed by atoms with Crippen molar-refractivity contribution in [1.29, 1.82) is 0 Å². The molecule has 0 amide bonds. The second kappa shape index (κ2) is 10.4. The summed E-state index contributed by atoms with van der Waals surface area (Å²) in [7, 11) is 1.97. The summed E-state index contributed by atoms with van der Waals surface area (Å²) in [5.41, 5.74) is 12.4.